The Labute approximate surface area is 131 Å². The van der Waals surface area contributed by atoms with E-state index >= 15 is 0 Å². The molecule has 0 aromatic heterocycles. The molecule has 0 aliphatic heterocycles. The number of benzene rings is 1. The van der Waals surface area contributed by atoms with Crippen molar-refractivity contribution in [2.45, 2.75) is 43.9 Å². The molecular weight excluding hydrogens is 312 g/mol. The molecule has 0 saturated carbocycles. The summed E-state index contributed by atoms with van der Waals surface area (Å²) in [5.41, 5.74) is 0. The zero-order valence-corrected chi connectivity index (χ0v) is 13.6. The van der Waals surface area contributed by atoms with Crippen LogP contribution in [0.1, 0.15) is 39.0 Å². The Morgan fingerprint density at radius 2 is 1.71 bits per heavy atom. The molecule has 0 aliphatic carbocycles. The summed E-state index contributed by atoms with van der Waals surface area (Å²) in [4.78, 5) is 11.6. The number of hydrogen-bond acceptors (Lipinski definition) is 3. The van der Waals surface area contributed by atoms with Crippen molar-refractivity contribution in [3.63, 3.8) is 0 Å². The number of unbranched alkanes of at least 4 members (excludes halogenated alkanes) is 4. The highest BCUT2D eigenvalue weighted by molar-refractivity contribution is 7.90. The van der Waals surface area contributed by atoms with Crippen LogP contribution in [0.15, 0.2) is 29.2 Å². The fraction of sp³-hybridized carbons (Fsp3) is 0.500. The second-order valence-electron chi connectivity index (χ2n) is 4.73. The van der Waals surface area contributed by atoms with Crippen molar-refractivity contribution in [3.8, 4) is 0 Å². The number of rotatable bonds is 8. The van der Waals surface area contributed by atoms with Crippen LogP contribution in [0, 0.1) is 0 Å². The second kappa shape index (κ2) is 8.89. The maximum atomic E-state index is 11.9. The van der Waals surface area contributed by atoms with Crippen molar-refractivity contribution in [3.05, 3.63) is 29.3 Å². The van der Waals surface area contributed by atoms with Crippen LogP contribution >= 0.6 is 11.6 Å². The van der Waals surface area contributed by atoms with Gasteiger partial charge in [0.05, 0.1) is 4.90 Å². The van der Waals surface area contributed by atoms with Crippen LogP contribution in [0.4, 0.5) is 4.79 Å². The maximum Gasteiger partial charge on any atom is 0.328 e. The minimum absolute atomic E-state index is 0.00463. The van der Waals surface area contributed by atoms with Crippen molar-refractivity contribution in [2.75, 3.05) is 6.54 Å². The Kier molecular flexibility index (Phi) is 7.53. The van der Waals surface area contributed by atoms with Crippen molar-refractivity contribution >= 4 is 27.7 Å². The van der Waals surface area contributed by atoms with Crippen molar-refractivity contribution < 1.29 is 13.2 Å². The summed E-state index contributed by atoms with van der Waals surface area (Å²) in [6.45, 7) is 2.60. The SMILES string of the molecule is CCCCCCCNC(=O)NS(=O)(=O)c1ccc(Cl)cc1. The van der Waals surface area contributed by atoms with Gasteiger partial charge >= 0.3 is 6.03 Å². The minimum atomic E-state index is -3.85. The van der Waals surface area contributed by atoms with Gasteiger partial charge in [-0.1, -0.05) is 44.2 Å². The molecule has 0 radical (unpaired) electrons. The Balaban J connectivity index is 2.38. The molecule has 0 fully saturated rings. The number of carbonyl (C=O) groups is 1. The number of sulfonamides is 1. The van der Waals surface area contributed by atoms with E-state index in [4.69, 9.17) is 11.6 Å². The summed E-state index contributed by atoms with van der Waals surface area (Å²) in [6, 6.07) is 4.91. The Hall–Kier alpha value is -1.27. The van der Waals surface area contributed by atoms with Crippen LogP contribution in [-0.4, -0.2) is 21.0 Å². The Bertz CT molecular complexity index is 544. The first-order valence-electron chi connectivity index (χ1n) is 7.02. The van der Waals surface area contributed by atoms with Gasteiger partial charge in [-0.2, -0.15) is 0 Å². The number of nitrogens with one attached hydrogen (secondary N) is 2. The van der Waals surface area contributed by atoms with E-state index in [1.54, 1.807) is 0 Å². The topological polar surface area (TPSA) is 75.3 Å². The zero-order chi connectivity index (χ0) is 15.7. The van der Waals surface area contributed by atoms with E-state index in [1.807, 2.05) is 4.72 Å². The van der Waals surface area contributed by atoms with Crippen molar-refractivity contribution in [1.29, 1.82) is 0 Å². The number of urea groups is 1. The first kappa shape index (κ1) is 17.8. The molecule has 0 saturated heterocycles. The van der Waals surface area contributed by atoms with E-state index in [0.717, 1.165) is 25.7 Å². The van der Waals surface area contributed by atoms with E-state index in [9.17, 15) is 13.2 Å². The van der Waals surface area contributed by atoms with Crippen LogP contribution in [0.5, 0.6) is 0 Å². The van der Waals surface area contributed by atoms with Crippen molar-refractivity contribution in [1.82, 2.24) is 10.0 Å². The normalized spacial score (nSPS) is 11.1. The minimum Gasteiger partial charge on any atom is -0.337 e. The number of halogens is 1. The average Bonchev–Trinajstić information content (AvgIpc) is 2.42. The quantitative estimate of drug-likeness (QED) is 0.717. The fourth-order valence-corrected chi connectivity index (χ4v) is 2.82. The van der Waals surface area contributed by atoms with Gasteiger partial charge in [-0.3, -0.25) is 0 Å². The molecule has 0 atom stereocenters. The molecule has 1 aromatic rings. The molecule has 1 rings (SSSR count). The molecule has 2 N–H and O–H groups in total. The highest BCUT2D eigenvalue weighted by Gasteiger charge is 2.16. The first-order valence-corrected chi connectivity index (χ1v) is 8.88. The standard InChI is InChI=1S/C14H21ClN2O3S/c1-2-3-4-5-6-11-16-14(18)17-21(19,20)13-9-7-12(15)8-10-13/h7-10H,2-6,11H2,1H3,(H2,16,17,18). The lowest BCUT2D eigenvalue weighted by Gasteiger charge is -2.08. The van der Waals surface area contributed by atoms with Gasteiger partial charge in [0, 0.05) is 11.6 Å². The molecule has 0 heterocycles. The van der Waals surface area contributed by atoms with Gasteiger partial charge in [-0.25, -0.2) is 17.9 Å². The summed E-state index contributed by atoms with van der Waals surface area (Å²) in [7, 11) is -3.85. The third-order valence-corrected chi connectivity index (χ3v) is 4.52. The number of carbonyl (C=O) groups excluding carboxylic acids is 1. The Morgan fingerprint density at radius 3 is 2.33 bits per heavy atom. The third-order valence-electron chi connectivity index (χ3n) is 2.92. The van der Waals surface area contributed by atoms with Gasteiger partial charge in [-0.15, -0.1) is 0 Å². The predicted octanol–water partition coefficient (Wildman–Crippen LogP) is 3.30. The van der Waals surface area contributed by atoms with Gasteiger partial charge in [0.1, 0.15) is 0 Å². The van der Waals surface area contributed by atoms with Gasteiger partial charge in [-0.05, 0) is 30.7 Å². The van der Waals surface area contributed by atoms with Gasteiger partial charge in [0.25, 0.3) is 10.0 Å². The van der Waals surface area contributed by atoms with Gasteiger partial charge in [0.15, 0.2) is 0 Å². The molecule has 1 aromatic carbocycles. The van der Waals surface area contributed by atoms with Crippen LogP contribution in [0.25, 0.3) is 0 Å². The van der Waals surface area contributed by atoms with E-state index < -0.39 is 16.1 Å². The highest BCUT2D eigenvalue weighted by Crippen LogP contribution is 2.13. The van der Waals surface area contributed by atoms with Gasteiger partial charge in [0.2, 0.25) is 0 Å². The lowest BCUT2D eigenvalue weighted by Crippen LogP contribution is -2.39. The molecule has 0 spiro atoms. The molecule has 7 heteroatoms. The summed E-state index contributed by atoms with van der Waals surface area (Å²) < 4.78 is 25.8. The summed E-state index contributed by atoms with van der Waals surface area (Å²) in [5.74, 6) is 0. The molecular formula is C14H21ClN2O3S. The van der Waals surface area contributed by atoms with Crippen LogP contribution < -0.4 is 10.0 Å². The van der Waals surface area contributed by atoms with Crippen LogP contribution in [0.2, 0.25) is 5.02 Å². The monoisotopic (exact) mass is 332 g/mol. The number of amides is 2. The molecule has 21 heavy (non-hydrogen) atoms. The van der Waals surface area contributed by atoms with E-state index in [0.29, 0.717) is 11.6 Å². The summed E-state index contributed by atoms with van der Waals surface area (Å²) >= 11 is 5.69. The predicted molar refractivity (Wildman–Crippen MR) is 83.9 cm³/mol. The third kappa shape index (κ3) is 6.82. The molecule has 0 aliphatic rings. The van der Waals surface area contributed by atoms with E-state index in [-0.39, 0.29) is 4.90 Å². The second-order valence-corrected chi connectivity index (χ2v) is 6.85. The van der Waals surface area contributed by atoms with Crippen molar-refractivity contribution in [2.24, 2.45) is 0 Å². The molecule has 0 bridgehead atoms. The van der Waals surface area contributed by atoms with E-state index in [1.165, 1.54) is 30.7 Å². The maximum absolute atomic E-state index is 11.9. The molecule has 5 nitrogen and oxygen atoms in total. The average molecular weight is 333 g/mol. The first-order chi connectivity index (χ1) is 9.95. The molecule has 0 unspecified atom stereocenters. The van der Waals surface area contributed by atoms with Gasteiger partial charge < -0.3 is 5.32 Å². The fourth-order valence-electron chi connectivity index (χ4n) is 1.76. The molecule has 2 amide bonds. The molecule has 118 valence electrons. The zero-order valence-electron chi connectivity index (χ0n) is 12.1. The smallest absolute Gasteiger partial charge is 0.328 e. The van der Waals surface area contributed by atoms with Crippen LogP contribution in [0.3, 0.4) is 0 Å². The highest BCUT2D eigenvalue weighted by atomic mass is 35.5. The Morgan fingerprint density at radius 1 is 1.10 bits per heavy atom. The van der Waals surface area contributed by atoms with Crippen LogP contribution in [-0.2, 0) is 10.0 Å². The lowest BCUT2D eigenvalue weighted by atomic mass is 10.1. The summed E-state index contributed by atoms with van der Waals surface area (Å²) in [6.07, 6.45) is 5.33. The summed E-state index contributed by atoms with van der Waals surface area (Å²) in [5, 5.41) is 2.98. The number of hydrogen-bond donors (Lipinski definition) is 2. The lowest BCUT2D eigenvalue weighted by molar-refractivity contribution is 0.245. The van der Waals surface area contributed by atoms with E-state index in [2.05, 4.69) is 12.2 Å². The largest absolute Gasteiger partial charge is 0.337 e.